The van der Waals surface area contributed by atoms with Gasteiger partial charge in [-0.2, -0.15) is 0 Å². The molecule has 2 aromatic carbocycles. The fourth-order valence-corrected chi connectivity index (χ4v) is 2.77. The molecule has 7 nitrogen and oxygen atoms in total. The Morgan fingerprint density at radius 1 is 1.11 bits per heavy atom. The van der Waals surface area contributed by atoms with Gasteiger partial charge in [-0.3, -0.25) is 4.79 Å². The molecule has 0 radical (unpaired) electrons. The smallest absolute Gasteiger partial charge is 0.251 e. The third kappa shape index (κ3) is 3.90. The molecule has 1 aromatic heterocycles. The van der Waals surface area contributed by atoms with Crippen LogP contribution in [0.1, 0.15) is 15.9 Å². The van der Waals surface area contributed by atoms with E-state index >= 15 is 0 Å². The molecule has 0 unspecified atom stereocenters. The molecule has 0 saturated heterocycles. The summed E-state index contributed by atoms with van der Waals surface area (Å²) < 4.78 is 31.7. The number of carbonyl (C=O) groups is 1. The average molecular weight is 385 g/mol. The van der Waals surface area contributed by atoms with Crippen LogP contribution in [-0.4, -0.2) is 36.8 Å². The number of carbonyl (C=O) groups excluding carboxylic acids is 1. The van der Waals surface area contributed by atoms with Crippen LogP contribution in [0, 0.1) is 5.82 Å². The molecular weight excluding hydrogens is 365 g/mol. The molecule has 1 heterocycles. The Bertz CT molecular complexity index is 949. The number of nitrogens with zero attached hydrogens (tertiary/aromatic N) is 2. The van der Waals surface area contributed by atoms with Crippen LogP contribution in [0.5, 0.6) is 17.2 Å². The van der Waals surface area contributed by atoms with Crippen LogP contribution in [0.25, 0.3) is 5.69 Å². The first-order chi connectivity index (χ1) is 13.6. The lowest BCUT2D eigenvalue weighted by atomic mass is 10.1. The minimum Gasteiger partial charge on any atom is -0.493 e. The highest BCUT2D eigenvalue weighted by molar-refractivity contribution is 5.95. The third-order valence-electron chi connectivity index (χ3n) is 4.17. The maximum absolute atomic E-state index is 14.3. The highest BCUT2D eigenvalue weighted by atomic mass is 19.1. The van der Waals surface area contributed by atoms with E-state index < -0.39 is 5.82 Å². The Labute approximate surface area is 161 Å². The van der Waals surface area contributed by atoms with Gasteiger partial charge in [-0.1, -0.05) is 6.07 Å². The van der Waals surface area contributed by atoms with Crippen LogP contribution in [0.2, 0.25) is 0 Å². The topological polar surface area (TPSA) is 74.6 Å². The average Bonchev–Trinajstić information content (AvgIpc) is 3.25. The van der Waals surface area contributed by atoms with Gasteiger partial charge in [0.25, 0.3) is 5.91 Å². The minimum atomic E-state index is -0.405. The lowest BCUT2D eigenvalue weighted by Gasteiger charge is -2.14. The number of ether oxygens (including phenoxy) is 3. The Kier molecular flexibility index (Phi) is 5.78. The van der Waals surface area contributed by atoms with Crippen molar-refractivity contribution in [1.29, 1.82) is 0 Å². The summed E-state index contributed by atoms with van der Waals surface area (Å²) in [6.45, 7) is 0.163. The largest absolute Gasteiger partial charge is 0.493 e. The van der Waals surface area contributed by atoms with E-state index in [1.54, 1.807) is 41.2 Å². The molecular formula is C20H20FN3O4. The second-order valence-electron chi connectivity index (χ2n) is 5.85. The number of methoxy groups -OCH3 is 3. The zero-order valence-electron chi connectivity index (χ0n) is 15.7. The highest BCUT2D eigenvalue weighted by Crippen LogP contribution is 2.38. The van der Waals surface area contributed by atoms with Gasteiger partial charge in [0.15, 0.2) is 11.5 Å². The monoisotopic (exact) mass is 385 g/mol. The van der Waals surface area contributed by atoms with E-state index in [9.17, 15) is 9.18 Å². The van der Waals surface area contributed by atoms with Crippen LogP contribution in [0.3, 0.4) is 0 Å². The normalized spacial score (nSPS) is 10.4. The van der Waals surface area contributed by atoms with Gasteiger partial charge < -0.3 is 24.1 Å². The number of hydrogen-bond donors (Lipinski definition) is 1. The minimum absolute atomic E-state index is 0.163. The van der Waals surface area contributed by atoms with E-state index in [2.05, 4.69) is 10.3 Å². The van der Waals surface area contributed by atoms with Crippen molar-refractivity contribution in [2.75, 3.05) is 21.3 Å². The quantitative estimate of drug-likeness (QED) is 0.677. The van der Waals surface area contributed by atoms with E-state index in [0.29, 0.717) is 34.1 Å². The summed E-state index contributed by atoms with van der Waals surface area (Å²) in [6.07, 6.45) is 4.75. The van der Waals surface area contributed by atoms with E-state index in [0.717, 1.165) is 0 Å². The zero-order valence-corrected chi connectivity index (χ0v) is 15.7. The number of benzene rings is 2. The van der Waals surface area contributed by atoms with Gasteiger partial charge in [0, 0.05) is 24.5 Å². The molecule has 3 rings (SSSR count). The van der Waals surface area contributed by atoms with Gasteiger partial charge in [-0.15, -0.1) is 0 Å². The predicted molar refractivity (Wildman–Crippen MR) is 101 cm³/mol. The Hall–Kier alpha value is -3.55. The van der Waals surface area contributed by atoms with Crippen LogP contribution < -0.4 is 19.5 Å². The van der Waals surface area contributed by atoms with Gasteiger partial charge >= 0.3 is 0 Å². The number of amides is 1. The highest BCUT2D eigenvalue weighted by Gasteiger charge is 2.17. The molecule has 8 heteroatoms. The maximum Gasteiger partial charge on any atom is 0.251 e. The Morgan fingerprint density at radius 3 is 2.36 bits per heavy atom. The first kappa shape index (κ1) is 19.2. The number of nitrogens with one attached hydrogen (secondary N) is 1. The molecule has 0 aliphatic rings. The standard InChI is InChI=1S/C20H20FN3O4/c1-26-17-9-14(10-18(27-2)19(17)28-3)20(25)23-11-13-4-5-16(15(21)8-13)24-7-6-22-12-24/h4-10,12H,11H2,1-3H3,(H,23,25). The second kappa shape index (κ2) is 8.43. The summed E-state index contributed by atoms with van der Waals surface area (Å²) in [7, 11) is 4.44. The summed E-state index contributed by atoms with van der Waals surface area (Å²) in [6, 6.07) is 7.87. The molecule has 28 heavy (non-hydrogen) atoms. The fraction of sp³-hybridized carbons (Fsp3) is 0.200. The zero-order chi connectivity index (χ0) is 20.1. The fourth-order valence-electron chi connectivity index (χ4n) is 2.77. The summed E-state index contributed by atoms with van der Waals surface area (Å²) >= 11 is 0. The van der Waals surface area contributed by atoms with E-state index in [4.69, 9.17) is 14.2 Å². The van der Waals surface area contributed by atoms with Gasteiger partial charge in [-0.05, 0) is 29.8 Å². The maximum atomic E-state index is 14.3. The SMILES string of the molecule is COc1cc(C(=O)NCc2ccc(-n3ccnc3)c(F)c2)cc(OC)c1OC. The molecule has 0 fully saturated rings. The molecule has 146 valence electrons. The lowest BCUT2D eigenvalue weighted by molar-refractivity contribution is 0.0950. The van der Waals surface area contributed by atoms with E-state index in [1.165, 1.54) is 33.7 Å². The molecule has 0 bridgehead atoms. The first-order valence-electron chi connectivity index (χ1n) is 8.42. The summed E-state index contributed by atoms with van der Waals surface area (Å²) in [5.41, 5.74) is 1.35. The number of hydrogen-bond acceptors (Lipinski definition) is 5. The number of aromatic nitrogens is 2. The van der Waals surface area contributed by atoms with Crippen molar-refractivity contribution in [1.82, 2.24) is 14.9 Å². The van der Waals surface area contributed by atoms with Crippen molar-refractivity contribution in [2.24, 2.45) is 0 Å². The molecule has 0 spiro atoms. The predicted octanol–water partition coefficient (Wildman–Crippen LogP) is 2.97. The summed E-state index contributed by atoms with van der Waals surface area (Å²) in [5.74, 6) is 0.403. The Balaban J connectivity index is 1.74. The van der Waals surface area contributed by atoms with Crippen molar-refractivity contribution in [3.63, 3.8) is 0 Å². The Morgan fingerprint density at radius 2 is 1.82 bits per heavy atom. The van der Waals surface area contributed by atoms with Crippen molar-refractivity contribution in [2.45, 2.75) is 6.54 Å². The van der Waals surface area contributed by atoms with Crippen molar-refractivity contribution < 1.29 is 23.4 Å². The van der Waals surface area contributed by atoms with Crippen LogP contribution >= 0.6 is 0 Å². The van der Waals surface area contributed by atoms with Crippen LogP contribution in [0.4, 0.5) is 4.39 Å². The van der Waals surface area contributed by atoms with Gasteiger partial charge in [-0.25, -0.2) is 9.37 Å². The number of halogens is 1. The molecule has 1 N–H and O–H groups in total. The molecule has 1 amide bonds. The second-order valence-corrected chi connectivity index (χ2v) is 5.85. The molecule has 3 aromatic rings. The molecule has 0 atom stereocenters. The molecule has 0 aliphatic carbocycles. The van der Waals surface area contributed by atoms with Crippen LogP contribution in [-0.2, 0) is 6.54 Å². The van der Waals surface area contributed by atoms with Crippen molar-refractivity contribution in [3.8, 4) is 22.9 Å². The lowest BCUT2D eigenvalue weighted by Crippen LogP contribution is -2.23. The van der Waals surface area contributed by atoms with Gasteiger partial charge in [0.05, 0.1) is 33.3 Å². The van der Waals surface area contributed by atoms with Crippen LogP contribution in [0.15, 0.2) is 49.1 Å². The van der Waals surface area contributed by atoms with Crippen molar-refractivity contribution in [3.05, 3.63) is 66.0 Å². The molecule has 0 saturated carbocycles. The van der Waals surface area contributed by atoms with Gasteiger partial charge in [0.1, 0.15) is 5.82 Å². The van der Waals surface area contributed by atoms with Crippen molar-refractivity contribution >= 4 is 5.91 Å². The number of rotatable bonds is 7. The first-order valence-corrected chi connectivity index (χ1v) is 8.42. The van der Waals surface area contributed by atoms with E-state index in [1.807, 2.05) is 0 Å². The molecule has 0 aliphatic heterocycles. The number of imidazole rings is 1. The third-order valence-corrected chi connectivity index (χ3v) is 4.17. The summed E-state index contributed by atoms with van der Waals surface area (Å²) in [4.78, 5) is 16.4. The summed E-state index contributed by atoms with van der Waals surface area (Å²) in [5, 5.41) is 2.76. The van der Waals surface area contributed by atoms with Gasteiger partial charge in [0.2, 0.25) is 5.75 Å². The van der Waals surface area contributed by atoms with E-state index in [-0.39, 0.29) is 12.5 Å².